The lowest BCUT2D eigenvalue weighted by Crippen LogP contribution is -2.34. The fourth-order valence-electron chi connectivity index (χ4n) is 3.40. The van der Waals surface area contributed by atoms with Gasteiger partial charge in [-0.2, -0.15) is 0 Å². The summed E-state index contributed by atoms with van der Waals surface area (Å²) in [5, 5.41) is 0. The second-order valence-electron chi connectivity index (χ2n) is 6.41. The van der Waals surface area contributed by atoms with Crippen molar-refractivity contribution in [3.05, 3.63) is 44.5 Å². The average molecular weight is 287 g/mol. The predicted molar refractivity (Wildman–Crippen MR) is 83.3 cm³/mol. The van der Waals surface area contributed by atoms with Gasteiger partial charge in [0.2, 0.25) is 0 Å². The maximum Gasteiger partial charge on any atom is 0.314 e. The molecule has 1 aliphatic carbocycles. The number of nitrogens with two attached hydrogens (primary N) is 1. The van der Waals surface area contributed by atoms with Crippen LogP contribution in [0.2, 0.25) is 0 Å². The summed E-state index contributed by atoms with van der Waals surface area (Å²) < 4.78 is 0. The Morgan fingerprint density at radius 2 is 1.67 bits per heavy atom. The summed E-state index contributed by atoms with van der Waals surface area (Å²) in [5.74, 6) is 0. The molecule has 0 radical (unpaired) electrons. The number of hydrogen-bond acceptors (Lipinski definition) is 3. The van der Waals surface area contributed by atoms with Crippen molar-refractivity contribution in [2.45, 2.75) is 45.1 Å². The molecule has 1 unspecified atom stereocenters. The number of aromatic nitrogens is 2. The average Bonchev–Trinajstić information content (AvgIpc) is 2.48. The Morgan fingerprint density at radius 3 is 2.33 bits per heavy atom. The zero-order valence-corrected chi connectivity index (χ0v) is 12.2. The molecule has 0 spiro atoms. The lowest BCUT2D eigenvalue weighted by Gasteiger charge is -2.39. The molecule has 21 heavy (non-hydrogen) atoms. The molecular weight excluding hydrogens is 266 g/mol. The lowest BCUT2D eigenvalue weighted by molar-refractivity contribution is 0.170. The SMILES string of the molecule is CC1(C(N)c2ccc3[nH]c(=O)c(=O)[nH]c3c2)CCCCC1. The fraction of sp³-hybridized carbons (Fsp3) is 0.500. The van der Waals surface area contributed by atoms with Gasteiger partial charge in [0.15, 0.2) is 0 Å². The van der Waals surface area contributed by atoms with E-state index in [4.69, 9.17) is 5.73 Å². The third-order valence-electron chi connectivity index (χ3n) is 4.85. The van der Waals surface area contributed by atoms with E-state index in [1.165, 1.54) is 19.3 Å². The normalized spacial score (nSPS) is 19.5. The topological polar surface area (TPSA) is 91.7 Å². The molecule has 0 amide bonds. The van der Waals surface area contributed by atoms with E-state index < -0.39 is 11.1 Å². The van der Waals surface area contributed by atoms with Crippen molar-refractivity contribution in [2.75, 3.05) is 0 Å². The largest absolute Gasteiger partial charge is 0.323 e. The van der Waals surface area contributed by atoms with Gasteiger partial charge in [0.1, 0.15) is 0 Å². The van der Waals surface area contributed by atoms with E-state index in [1.807, 2.05) is 18.2 Å². The quantitative estimate of drug-likeness (QED) is 0.739. The highest BCUT2D eigenvalue weighted by Gasteiger charge is 2.34. The number of fused-ring (bicyclic) bond motifs is 1. The smallest absolute Gasteiger partial charge is 0.314 e. The van der Waals surface area contributed by atoms with Gasteiger partial charge in [0.25, 0.3) is 0 Å². The van der Waals surface area contributed by atoms with Crippen LogP contribution in [0.15, 0.2) is 27.8 Å². The first kappa shape index (κ1) is 14.1. The summed E-state index contributed by atoms with van der Waals surface area (Å²) >= 11 is 0. The Morgan fingerprint density at radius 1 is 1.05 bits per heavy atom. The highest BCUT2D eigenvalue weighted by molar-refractivity contribution is 5.74. The molecule has 1 aromatic heterocycles. The van der Waals surface area contributed by atoms with E-state index in [9.17, 15) is 9.59 Å². The van der Waals surface area contributed by atoms with Crippen LogP contribution < -0.4 is 16.9 Å². The van der Waals surface area contributed by atoms with Crippen LogP contribution >= 0.6 is 0 Å². The number of aromatic amines is 2. The van der Waals surface area contributed by atoms with Crippen molar-refractivity contribution in [3.63, 3.8) is 0 Å². The third-order valence-corrected chi connectivity index (χ3v) is 4.85. The molecule has 2 aromatic rings. The molecule has 1 heterocycles. The van der Waals surface area contributed by atoms with Crippen molar-refractivity contribution in [3.8, 4) is 0 Å². The molecule has 0 saturated heterocycles. The van der Waals surface area contributed by atoms with Crippen LogP contribution in [0.1, 0.15) is 50.6 Å². The van der Waals surface area contributed by atoms with Gasteiger partial charge in [-0.3, -0.25) is 9.59 Å². The number of H-pyrrole nitrogens is 2. The van der Waals surface area contributed by atoms with Crippen LogP contribution in [0.4, 0.5) is 0 Å². The molecular formula is C16H21N3O2. The van der Waals surface area contributed by atoms with Crippen LogP contribution in [0.25, 0.3) is 11.0 Å². The Kier molecular flexibility index (Phi) is 3.45. The summed E-state index contributed by atoms with van der Waals surface area (Å²) in [4.78, 5) is 28.0. The molecule has 1 atom stereocenters. The minimum absolute atomic E-state index is 0.0577. The van der Waals surface area contributed by atoms with Crippen molar-refractivity contribution in [2.24, 2.45) is 11.1 Å². The number of hydrogen-bond donors (Lipinski definition) is 3. The summed E-state index contributed by atoms with van der Waals surface area (Å²) in [6.45, 7) is 2.25. The molecule has 5 heteroatoms. The van der Waals surface area contributed by atoms with Crippen LogP contribution in [-0.2, 0) is 0 Å². The minimum Gasteiger partial charge on any atom is -0.323 e. The van der Waals surface area contributed by atoms with Crippen molar-refractivity contribution in [1.82, 2.24) is 9.97 Å². The first-order valence-electron chi connectivity index (χ1n) is 7.51. The van der Waals surface area contributed by atoms with E-state index in [2.05, 4.69) is 16.9 Å². The minimum atomic E-state index is -0.628. The van der Waals surface area contributed by atoms with Gasteiger partial charge < -0.3 is 15.7 Å². The van der Waals surface area contributed by atoms with E-state index in [0.29, 0.717) is 11.0 Å². The van der Waals surface area contributed by atoms with Crippen LogP contribution in [0.3, 0.4) is 0 Å². The zero-order valence-electron chi connectivity index (χ0n) is 12.2. The van der Waals surface area contributed by atoms with Gasteiger partial charge in [0, 0.05) is 6.04 Å². The predicted octanol–water partition coefficient (Wildman–Crippen LogP) is 2.19. The Bertz CT molecular complexity index is 769. The molecule has 1 aliphatic rings. The molecule has 1 fully saturated rings. The standard InChI is InChI=1S/C16H21N3O2/c1-16(7-3-2-4-8-16)13(17)10-5-6-11-12(9-10)19-15(21)14(20)18-11/h5-6,9,13H,2-4,7-8,17H2,1H3,(H,18,20)(H,19,21). The maximum atomic E-state index is 11.4. The molecule has 4 N–H and O–H groups in total. The van der Waals surface area contributed by atoms with Gasteiger partial charge in [-0.25, -0.2) is 0 Å². The summed E-state index contributed by atoms with van der Waals surface area (Å²) in [7, 11) is 0. The van der Waals surface area contributed by atoms with Crippen LogP contribution in [0, 0.1) is 5.41 Å². The fourth-order valence-corrected chi connectivity index (χ4v) is 3.40. The molecule has 1 aromatic carbocycles. The highest BCUT2D eigenvalue weighted by atomic mass is 16.2. The Balaban J connectivity index is 2.02. The Labute approximate surface area is 122 Å². The first-order chi connectivity index (χ1) is 9.99. The van der Waals surface area contributed by atoms with Crippen molar-refractivity contribution >= 4 is 11.0 Å². The second kappa shape index (κ2) is 5.15. The van der Waals surface area contributed by atoms with Gasteiger partial charge >= 0.3 is 11.1 Å². The first-order valence-corrected chi connectivity index (χ1v) is 7.51. The maximum absolute atomic E-state index is 11.4. The van der Waals surface area contributed by atoms with Crippen molar-refractivity contribution in [1.29, 1.82) is 0 Å². The van der Waals surface area contributed by atoms with Crippen LogP contribution in [0.5, 0.6) is 0 Å². The third kappa shape index (κ3) is 2.53. The summed E-state index contributed by atoms with van der Waals surface area (Å²) in [6.07, 6.45) is 6.00. The monoisotopic (exact) mass is 287 g/mol. The van der Waals surface area contributed by atoms with E-state index >= 15 is 0 Å². The van der Waals surface area contributed by atoms with E-state index in [-0.39, 0.29) is 11.5 Å². The van der Waals surface area contributed by atoms with Crippen LogP contribution in [-0.4, -0.2) is 9.97 Å². The van der Waals surface area contributed by atoms with E-state index in [1.54, 1.807) is 0 Å². The summed E-state index contributed by atoms with van der Waals surface area (Å²) in [6, 6.07) is 5.59. The Hall–Kier alpha value is -1.88. The number of rotatable bonds is 2. The molecule has 0 bridgehead atoms. The molecule has 3 rings (SSSR count). The number of benzene rings is 1. The highest BCUT2D eigenvalue weighted by Crippen LogP contribution is 2.44. The van der Waals surface area contributed by atoms with Crippen molar-refractivity contribution < 1.29 is 0 Å². The lowest BCUT2D eigenvalue weighted by atomic mass is 9.69. The van der Waals surface area contributed by atoms with Gasteiger partial charge in [-0.05, 0) is 36.0 Å². The van der Waals surface area contributed by atoms with E-state index in [0.717, 1.165) is 18.4 Å². The molecule has 112 valence electrons. The molecule has 0 aliphatic heterocycles. The molecule has 5 nitrogen and oxygen atoms in total. The van der Waals surface area contributed by atoms with Gasteiger partial charge in [-0.1, -0.05) is 32.3 Å². The summed E-state index contributed by atoms with van der Waals surface area (Å²) in [5.41, 5.74) is 7.62. The van der Waals surface area contributed by atoms with Gasteiger partial charge in [0.05, 0.1) is 11.0 Å². The second-order valence-corrected chi connectivity index (χ2v) is 6.41. The number of nitrogens with one attached hydrogen (secondary N) is 2. The van der Waals surface area contributed by atoms with Gasteiger partial charge in [-0.15, -0.1) is 0 Å². The molecule has 1 saturated carbocycles. The zero-order chi connectivity index (χ0) is 15.0.